The van der Waals surface area contributed by atoms with Gasteiger partial charge in [-0.25, -0.2) is 4.98 Å². The van der Waals surface area contributed by atoms with Crippen LogP contribution in [0.3, 0.4) is 0 Å². The van der Waals surface area contributed by atoms with Crippen molar-refractivity contribution in [1.29, 1.82) is 0 Å². The number of hydrogen-bond acceptors (Lipinski definition) is 4. The van der Waals surface area contributed by atoms with Gasteiger partial charge in [-0.3, -0.25) is 9.59 Å². The van der Waals surface area contributed by atoms with Crippen molar-refractivity contribution < 1.29 is 14.3 Å². The van der Waals surface area contributed by atoms with Gasteiger partial charge in [0, 0.05) is 43.5 Å². The van der Waals surface area contributed by atoms with Crippen molar-refractivity contribution >= 4 is 17.5 Å². The molecule has 29 heavy (non-hydrogen) atoms. The highest BCUT2D eigenvalue weighted by molar-refractivity contribution is 5.97. The first kappa shape index (κ1) is 19.4. The Morgan fingerprint density at radius 2 is 1.83 bits per heavy atom. The zero-order chi connectivity index (χ0) is 20.4. The van der Waals surface area contributed by atoms with E-state index in [9.17, 15) is 9.59 Å². The van der Waals surface area contributed by atoms with Crippen molar-refractivity contribution in [2.75, 3.05) is 24.5 Å². The van der Waals surface area contributed by atoms with E-state index in [-0.39, 0.29) is 23.8 Å². The summed E-state index contributed by atoms with van der Waals surface area (Å²) < 4.78 is 5.53. The van der Waals surface area contributed by atoms with Crippen LogP contribution in [0.5, 0.6) is 5.88 Å². The standard InChI is InChI=1S/C23H27N3O3/c1-16(2)29-21-8-7-19(15-24-21)22(27)25-12-9-18(10-13-25)23(28)26-14-11-17-5-3-4-6-20(17)26/h3-8,15-16,18H,9-14H2,1-2H3. The Hall–Kier alpha value is -2.89. The molecule has 2 aromatic rings. The van der Waals surface area contributed by atoms with Crippen molar-refractivity contribution in [3.8, 4) is 5.88 Å². The molecule has 0 saturated carbocycles. The van der Waals surface area contributed by atoms with Gasteiger partial charge in [0.25, 0.3) is 5.91 Å². The predicted molar refractivity (Wildman–Crippen MR) is 111 cm³/mol. The molecule has 0 atom stereocenters. The Bertz CT molecular complexity index is 886. The van der Waals surface area contributed by atoms with Crippen molar-refractivity contribution in [2.45, 2.75) is 39.2 Å². The molecule has 152 valence electrons. The van der Waals surface area contributed by atoms with Crippen LogP contribution in [0, 0.1) is 5.92 Å². The predicted octanol–water partition coefficient (Wildman–Crippen LogP) is 3.31. The van der Waals surface area contributed by atoms with Gasteiger partial charge < -0.3 is 14.5 Å². The number of fused-ring (bicyclic) bond motifs is 1. The molecule has 1 aromatic heterocycles. The zero-order valence-corrected chi connectivity index (χ0v) is 17.0. The Balaban J connectivity index is 1.34. The molecule has 0 radical (unpaired) electrons. The van der Waals surface area contributed by atoms with Crippen LogP contribution in [0.15, 0.2) is 42.6 Å². The average molecular weight is 393 g/mol. The number of rotatable bonds is 4. The highest BCUT2D eigenvalue weighted by atomic mass is 16.5. The van der Waals surface area contributed by atoms with Crippen LogP contribution in [0.25, 0.3) is 0 Å². The number of carbonyl (C=O) groups is 2. The second-order valence-electron chi connectivity index (χ2n) is 7.99. The third-order valence-corrected chi connectivity index (χ3v) is 5.62. The minimum atomic E-state index is -0.0361. The summed E-state index contributed by atoms with van der Waals surface area (Å²) in [4.78, 5) is 33.8. The van der Waals surface area contributed by atoms with Gasteiger partial charge in [0.05, 0.1) is 11.7 Å². The van der Waals surface area contributed by atoms with Crippen LogP contribution in [-0.4, -0.2) is 47.4 Å². The van der Waals surface area contributed by atoms with Gasteiger partial charge in [-0.05, 0) is 50.8 Å². The number of amides is 2. The lowest BCUT2D eigenvalue weighted by Gasteiger charge is -2.33. The number of hydrogen-bond donors (Lipinski definition) is 0. The summed E-state index contributed by atoms with van der Waals surface area (Å²) in [6.45, 7) is 5.82. The lowest BCUT2D eigenvalue weighted by Crippen LogP contribution is -2.44. The first-order valence-electron chi connectivity index (χ1n) is 10.3. The fraction of sp³-hybridized carbons (Fsp3) is 0.435. The Kier molecular flexibility index (Phi) is 5.51. The molecular formula is C23H27N3O3. The summed E-state index contributed by atoms with van der Waals surface area (Å²) in [6, 6.07) is 11.6. The maximum absolute atomic E-state index is 13.0. The highest BCUT2D eigenvalue weighted by Crippen LogP contribution is 2.31. The molecule has 2 aliphatic rings. The number of para-hydroxylation sites is 1. The van der Waals surface area contributed by atoms with Gasteiger partial charge in [-0.2, -0.15) is 0 Å². The molecule has 6 nitrogen and oxygen atoms in total. The fourth-order valence-corrected chi connectivity index (χ4v) is 4.12. The molecule has 2 aliphatic heterocycles. The van der Waals surface area contributed by atoms with E-state index in [1.165, 1.54) is 5.56 Å². The SMILES string of the molecule is CC(C)Oc1ccc(C(=O)N2CCC(C(=O)N3CCc4ccccc43)CC2)cn1. The van der Waals surface area contributed by atoms with Crippen molar-refractivity contribution in [3.63, 3.8) is 0 Å². The molecule has 0 unspecified atom stereocenters. The summed E-state index contributed by atoms with van der Waals surface area (Å²) in [5.74, 6) is 0.654. The normalized spacial score (nSPS) is 16.8. The largest absolute Gasteiger partial charge is 0.475 e. The van der Waals surface area contributed by atoms with E-state index >= 15 is 0 Å². The van der Waals surface area contributed by atoms with Gasteiger partial charge in [0.1, 0.15) is 0 Å². The molecule has 1 saturated heterocycles. The fourth-order valence-electron chi connectivity index (χ4n) is 4.12. The number of ether oxygens (including phenoxy) is 1. The van der Waals surface area contributed by atoms with Gasteiger partial charge in [-0.1, -0.05) is 18.2 Å². The number of carbonyl (C=O) groups excluding carboxylic acids is 2. The second-order valence-corrected chi connectivity index (χ2v) is 7.99. The van der Waals surface area contributed by atoms with Crippen molar-refractivity contribution in [3.05, 3.63) is 53.7 Å². The van der Waals surface area contributed by atoms with E-state index < -0.39 is 0 Å². The molecular weight excluding hydrogens is 366 g/mol. The third-order valence-electron chi connectivity index (χ3n) is 5.62. The van der Waals surface area contributed by atoms with E-state index in [1.807, 2.05) is 41.8 Å². The maximum Gasteiger partial charge on any atom is 0.255 e. The quantitative estimate of drug-likeness (QED) is 0.800. The molecule has 1 fully saturated rings. The van der Waals surface area contributed by atoms with Gasteiger partial charge in [0.2, 0.25) is 11.8 Å². The number of pyridine rings is 1. The molecule has 6 heteroatoms. The average Bonchev–Trinajstić information content (AvgIpc) is 3.17. The summed E-state index contributed by atoms with van der Waals surface area (Å²) in [5, 5.41) is 0. The molecule has 1 aromatic carbocycles. The first-order chi connectivity index (χ1) is 14.0. The van der Waals surface area contributed by atoms with Crippen molar-refractivity contribution in [1.82, 2.24) is 9.88 Å². The van der Waals surface area contributed by atoms with E-state index in [0.717, 1.165) is 18.7 Å². The number of anilines is 1. The number of nitrogens with zero attached hydrogens (tertiary/aromatic N) is 3. The number of likely N-dealkylation sites (tertiary alicyclic amines) is 1. The summed E-state index contributed by atoms with van der Waals surface area (Å²) in [6.07, 6.45) is 3.93. The van der Waals surface area contributed by atoms with Crippen LogP contribution in [-0.2, 0) is 11.2 Å². The van der Waals surface area contributed by atoms with E-state index in [1.54, 1.807) is 18.3 Å². The number of benzene rings is 1. The topological polar surface area (TPSA) is 62.7 Å². The second kappa shape index (κ2) is 8.23. The smallest absolute Gasteiger partial charge is 0.255 e. The molecule has 0 bridgehead atoms. The van der Waals surface area contributed by atoms with E-state index in [4.69, 9.17) is 4.74 Å². The summed E-state index contributed by atoms with van der Waals surface area (Å²) in [7, 11) is 0. The first-order valence-corrected chi connectivity index (χ1v) is 10.3. The number of aromatic nitrogens is 1. The lowest BCUT2D eigenvalue weighted by molar-refractivity contribution is -0.123. The molecule has 0 aliphatic carbocycles. The van der Waals surface area contributed by atoms with E-state index in [0.29, 0.717) is 37.4 Å². The Morgan fingerprint density at radius 3 is 2.52 bits per heavy atom. The molecule has 0 N–H and O–H groups in total. The summed E-state index contributed by atoms with van der Waals surface area (Å²) in [5.41, 5.74) is 2.84. The highest BCUT2D eigenvalue weighted by Gasteiger charge is 2.33. The third kappa shape index (κ3) is 4.11. The van der Waals surface area contributed by atoms with Crippen molar-refractivity contribution in [2.24, 2.45) is 5.92 Å². The van der Waals surface area contributed by atoms with Crippen LogP contribution < -0.4 is 9.64 Å². The van der Waals surface area contributed by atoms with Crippen LogP contribution in [0.2, 0.25) is 0 Å². The van der Waals surface area contributed by atoms with Gasteiger partial charge >= 0.3 is 0 Å². The van der Waals surface area contributed by atoms with Crippen LogP contribution in [0.1, 0.15) is 42.6 Å². The zero-order valence-electron chi connectivity index (χ0n) is 17.0. The molecule has 2 amide bonds. The van der Waals surface area contributed by atoms with Gasteiger partial charge in [0.15, 0.2) is 0 Å². The maximum atomic E-state index is 13.0. The molecule has 0 spiro atoms. The number of piperidine rings is 1. The summed E-state index contributed by atoms with van der Waals surface area (Å²) >= 11 is 0. The minimum Gasteiger partial charge on any atom is -0.475 e. The Morgan fingerprint density at radius 1 is 1.07 bits per heavy atom. The van der Waals surface area contributed by atoms with Crippen LogP contribution >= 0.6 is 0 Å². The van der Waals surface area contributed by atoms with Gasteiger partial charge in [-0.15, -0.1) is 0 Å². The van der Waals surface area contributed by atoms with Crippen LogP contribution in [0.4, 0.5) is 5.69 Å². The lowest BCUT2D eigenvalue weighted by atomic mass is 9.94. The Labute approximate surface area is 171 Å². The van der Waals surface area contributed by atoms with E-state index in [2.05, 4.69) is 11.1 Å². The minimum absolute atomic E-state index is 0.0230. The molecule has 4 rings (SSSR count). The molecule has 3 heterocycles. The monoisotopic (exact) mass is 393 g/mol.